The molecule has 2 aromatic rings. The molecule has 2 aliphatic rings. The summed E-state index contributed by atoms with van der Waals surface area (Å²) in [5, 5.41) is 9.95. The monoisotopic (exact) mass is 417 g/mol. The van der Waals surface area contributed by atoms with E-state index >= 15 is 0 Å². The highest BCUT2D eigenvalue weighted by Crippen LogP contribution is 2.39. The second-order valence-corrected chi connectivity index (χ2v) is 7.37. The first kappa shape index (κ1) is 20.2. The number of nitrogens with zero attached hydrogens (tertiary/aromatic N) is 3. The van der Waals surface area contributed by atoms with Crippen LogP contribution in [0, 0.1) is 17.2 Å². The molecule has 8 heteroatoms. The minimum absolute atomic E-state index is 0.0547. The Hall–Kier alpha value is -4.12. The fraction of sp³-hybridized carbons (Fsp3) is 0.174. The van der Waals surface area contributed by atoms with Crippen molar-refractivity contribution in [1.82, 2.24) is 9.80 Å². The predicted molar refractivity (Wildman–Crippen MR) is 107 cm³/mol. The number of hydrogen-bond acceptors (Lipinski definition) is 5. The van der Waals surface area contributed by atoms with Crippen LogP contribution in [0.1, 0.15) is 48.4 Å². The van der Waals surface area contributed by atoms with E-state index in [0.29, 0.717) is 4.90 Å². The second-order valence-electron chi connectivity index (χ2n) is 7.37. The number of rotatable bonds is 5. The first-order valence-electron chi connectivity index (χ1n) is 9.42. The molecule has 7 nitrogen and oxygen atoms in total. The number of imide groups is 2. The van der Waals surface area contributed by atoms with Crippen LogP contribution in [0.4, 0.5) is 4.39 Å². The van der Waals surface area contributed by atoms with Crippen LogP contribution in [0.15, 0.2) is 60.8 Å². The number of nitriles is 1. The fourth-order valence-corrected chi connectivity index (χ4v) is 4.02. The van der Waals surface area contributed by atoms with Crippen LogP contribution in [0.25, 0.3) is 0 Å². The zero-order valence-corrected chi connectivity index (χ0v) is 16.5. The van der Waals surface area contributed by atoms with Gasteiger partial charge in [0.2, 0.25) is 0 Å². The van der Waals surface area contributed by atoms with Gasteiger partial charge in [-0.05, 0) is 24.3 Å². The van der Waals surface area contributed by atoms with E-state index in [0.717, 1.165) is 4.90 Å². The lowest BCUT2D eigenvalue weighted by atomic mass is 9.83. The van der Waals surface area contributed by atoms with Crippen LogP contribution < -0.4 is 0 Å². The fourth-order valence-electron chi connectivity index (χ4n) is 4.02. The Morgan fingerprint density at radius 2 is 1.32 bits per heavy atom. The highest BCUT2D eigenvalue weighted by atomic mass is 19.1. The molecule has 2 aromatic carbocycles. The zero-order valence-electron chi connectivity index (χ0n) is 16.5. The van der Waals surface area contributed by atoms with Crippen molar-refractivity contribution in [2.24, 2.45) is 5.92 Å². The average Bonchev–Trinajstić information content (AvgIpc) is 3.20. The van der Waals surface area contributed by atoms with E-state index < -0.39 is 41.8 Å². The summed E-state index contributed by atoms with van der Waals surface area (Å²) in [5.41, 5.74) is -2.05. The molecule has 0 fully saturated rings. The van der Waals surface area contributed by atoms with Gasteiger partial charge < -0.3 is 0 Å². The Morgan fingerprint density at radius 3 is 1.68 bits per heavy atom. The largest absolute Gasteiger partial charge is 0.269 e. The first-order valence-corrected chi connectivity index (χ1v) is 9.42. The molecule has 31 heavy (non-hydrogen) atoms. The Bertz CT molecular complexity index is 1160. The molecule has 0 spiro atoms. The lowest BCUT2D eigenvalue weighted by molar-refractivity contribution is 0.0367. The quantitative estimate of drug-likeness (QED) is 0.697. The minimum Gasteiger partial charge on any atom is -0.269 e. The van der Waals surface area contributed by atoms with E-state index in [1.165, 1.54) is 31.2 Å². The summed E-state index contributed by atoms with van der Waals surface area (Å²) in [6, 6.07) is 13.8. The van der Waals surface area contributed by atoms with Crippen LogP contribution in [-0.2, 0) is 0 Å². The molecule has 4 amide bonds. The lowest BCUT2D eigenvalue weighted by Gasteiger charge is -2.39. The zero-order chi connectivity index (χ0) is 22.5. The molecule has 0 aromatic heterocycles. The average molecular weight is 417 g/mol. The maximum Gasteiger partial charge on any atom is 0.265 e. The minimum atomic E-state index is -2.29. The highest BCUT2D eigenvalue weighted by Gasteiger charge is 2.55. The maximum atomic E-state index is 14.5. The summed E-state index contributed by atoms with van der Waals surface area (Å²) in [4.78, 5) is 52.8. The van der Waals surface area contributed by atoms with E-state index in [-0.39, 0.29) is 28.0 Å². The standard InChI is InChI=1S/C23H16FN3O4/c1-13(14(2)26-19(28)15-7-3-4-8-16(15)20(26)29)23(11-24,12-25)27-21(30)17-9-5-6-10-18(17)22(27)31/h3-10,13H,2,11H2,1H3. The van der Waals surface area contributed by atoms with E-state index in [1.54, 1.807) is 30.3 Å². The molecule has 2 aliphatic heterocycles. The molecule has 0 radical (unpaired) electrons. The molecule has 2 heterocycles. The highest BCUT2D eigenvalue weighted by molar-refractivity contribution is 6.23. The van der Waals surface area contributed by atoms with Gasteiger partial charge in [0, 0.05) is 11.6 Å². The number of hydrogen-bond donors (Lipinski definition) is 0. The number of fused-ring (bicyclic) bond motifs is 2. The molecule has 0 bridgehead atoms. The third-order valence-electron chi connectivity index (χ3n) is 5.89. The smallest absolute Gasteiger partial charge is 0.265 e. The Labute approximate surface area is 177 Å². The number of carbonyl (C=O) groups excluding carboxylic acids is 4. The molecular formula is C23H16FN3O4. The molecule has 154 valence electrons. The van der Waals surface area contributed by atoms with Gasteiger partial charge >= 0.3 is 0 Å². The number of halogens is 1. The van der Waals surface area contributed by atoms with Crippen molar-refractivity contribution in [3.05, 3.63) is 83.1 Å². The van der Waals surface area contributed by atoms with Gasteiger partial charge in [-0.2, -0.15) is 5.26 Å². The van der Waals surface area contributed by atoms with Crippen molar-refractivity contribution in [2.75, 3.05) is 6.67 Å². The topological polar surface area (TPSA) is 98.5 Å². The molecule has 2 atom stereocenters. The van der Waals surface area contributed by atoms with Crippen molar-refractivity contribution in [3.8, 4) is 6.07 Å². The van der Waals surface area contributed by atoms with Crippen molar-refractivity contribution < 1.29 is 23.6 Å². The van der Waals surface area contributed by atoms with Gasteiger partial charge in [-0.1, -0.05) is 37.8 Å². The van der Waals surface area contributed by atoms with Crippen molar-refractivity contribution in [3.63, 3.8) is 0 Å². The van der Waals surface area contributed by atoms with Crippen molar-refractivity contribution in [2.45, 2.75) is 12.5 Å². The van der Waals surface area contributed by atoms with Gasteiger partial charge in [0.05, 0.1) is 28.3 Å². The molecule has 4 rings (SSSR count). The predicted octanol–water partition coefficient (Wildman–Crippen LogP) is 2.96. The van der Waals surface area contributed by atoms with Crippen molar-refractivity contribution >= 4 is 23.6 Å². The molecule has 0 N–H and O–H groups in total. The van der Waals surface area contributed by atoms with Crippen molar-refractivity contribution in [1.29, 1.82) is 5.26 Å². The van der Waals surface area contributed by atoms with E-state index in [2.05, 4.69) is 6.58 Å². The summed E-state index contributed by atoms with van der Waals surface area (Å²) in [5.74, 6) is -4.22. The Kier molecular flexibility index (Phi) is 4.55. The normalized spacial score (nSPS) is 17.8. The summed E-state index contributed by atoms with van der Waals surface area (Å²) in [6.45, 7) is 3.73. The van der Waals surface area contributed by atoms with Crippen LogP contribution in [0.5, 0.6) is 0 Å². The van der Waals surface area contributed by atoms with E-state index in [4.69, 9.17) is 0 Å². The second kappa shape index (κ2) is 6.99. The molecule has 0 saturated carbocycles. The van der Waals surface area contributed by atoms with Gasteiger partial charge in [-0.25, -0.2) is 9.29 Å². The number of carbonyl (C=O) groups is 4. The van der Waals surface area contributed by atoms with Gasteiger partial charge in [-0.15, -0.1) is 0 Å². The number of amides is 4. The summed E-state index contributed by atoms with van der Waals surface area (Å²) >= 11 is 0. The molecule has 0 aliphatic carbocycles. The lowest BCUT2D eigenvalue weighted by Crippen LogP contribution is -2.58. The molecule has 0 saturated heterocycles. The molecular weight excluding hydrogens is 401 g/mol. The summed E-state index contributed by atoms with van der Waals surface area (Å²) in [7, 11) is 0. The number of benzene rings is 2. The number of alkyl halides is 1. The van der Waals surface area contributed by atoms with Crippen LogP contribution in [-0.4, -0.2) is 45.6 Å². The summed E-state index contributed by atoms with van der Waals surface area (Å²) in [6.07, 6.45) is 0. The summed E-state index contributed by atoms with van der Waals surface area (Å²) < 4.78 is 14.5. The Morgan fingerprint density at radius 1 is 0.935 bits per heavy atom. The SMILES string of the molecule is C=C(C(C)C(C#N)(CF)N1C(=O)c2ccccc2C1=O)N1C(=O)c2ccccc2C1=O. The van der Waals surface area contributed by atoms with Gasteiger partial charge in [-0.3, -0.25) is 24.1 Å². The third-order valence-corrected chi connectivity index (χ3v) is 5.89. The van der Waals surface area contributed by atoms with Gasteiger partial charge in [0.1, 0.15) is 6.67 Å². The molecule has 2 unspecified atom stereocenters. The van der Waals surface area contributed by atoms with Gasteiger partial charge in [0.15, 0.2) is 5.54 Å². The van der Waals surface area contributed by atoms with Crippen LogP contribution >= 0.6 is 0 Å². The van der Waals surface area contributed by atoms with Crippen LogP contribution in [0.2, 0.25) is 0 Å². The van der Waals surface area contributed by atoms with E-state index in [9.17, 15) is 28.8 Å². The maximum absolute atomic E-state index is 14.5. The van der Waals surface area contributed by atoms with Crippen LogP contribution in [0.3, 0.4) is 0 Å². The third kappa shape index (κ3) is 2.56. The Balaban J connectivity index is 1.75. The van der Waals surface area contributed by atoms with E-state index in [1.807, 2.05) is 0 Å². The van der Waals surface area contributed by atoms with Gasteiger partial charge in [0.25, 0.3) is 23.6 Å². The first-order chi connectivity index (χ1) is 14.8.